The van der Waals surface area contributed by atoms with E-state index in [1.54, 1.807) is 18.2 Å². The number of hydrogen-bond acceptors (Lipinski definition) is 9. The summed E-state index contributed by atoms with van der Waals surface area (Å²) in [4.78, 5) is 41.2. The summed E-state index contributed by atoms with van der Waals surface area (Å²) in [5.41, 5.74) is 3.24. The van der Waals surface area contributed by atoms with Gasteiger partial charge in [0.2, 0.25) is 5.75 Å². The Bertz CT molecular complexity index is 2020. The molecule has 5 aromatic rings. The summed E-state index contributed by atoms with van der Waals surface area (Å²) in [5.74, 6) is 0.475. The quantitative estimate of drug-likeness (QED) is 0.0753. The number of amides is 1. The molecule has 2 unspecified atom stereocenters. The SMILES string of the molecule is COc1cc2cc(C(=O)C3CC(CCl)c4c3cc(NC(=O)OCc3cnn(C)c3[N+](=O)[O-])c3ccccc43)[nH]c2c(OC)c1OC. The van der Waals surface area contributed by atoms with E-state index in [1.165, 1.54) is 34.6 Å². The fraction of sp³-hybridized carbons (Fsp3) is 0.281. The smallest absolute Gasteiger partial charge is 0.411 e. The first-order valence-corrected chi connectivity index (χ1v) is 14.8. The Morgan fingerprint density at radius 3 is 2.52 bits per heavy atom. The van der Waals surface area contributed by atoms with E-state index in [4.69, 9.17) is 30.5 Å². The van der Waals surface area contributed by atoms with Crippen LogP contribution in [0.15, 0.2) is 48.7 Å². The second-order valence-corrected chi connectivity index (χ2v) is 11.2. The second kappa shape index (κ2) is 12.2. The van der Waals surface area contributed by atoms with E-state index in [1.807, 2.05) is 24.3 Å². The van der Waals surface area contributed by atoms with Crippen LogP contribution >= 0.6 is 11.6 Å². The second-order valence-electron chi connectivity index (χ2n) is 10.8. The first-order chi connectivity index (χ1) is 22.2. The van der Waals surface area contributed by atoms with Gasteiger partial charge < -0.3 is 34.0 Å². The van der Waals surface area contributed by atoms with Gasteiger partial charge in [0.1, 0.15) is 19.2 Å². The molecule has 2 aromatic heterocycles. The zero-order valence-corrected chi connectivity index (χ0v) is 26.1. The van der Waals surface area contributed by atoms with Crippen LogP contribution in [0.2, 0.25) is 0 Å². The minimum atomic E-state index is -0.816. The molecule has 0 saturated carbocycles. The summed E-state index contributed by atoms with van der Waals surface area (Å²) in [6, 6.07) is 12.8. The predicted molar refractivity (Wildman–Crippen MR) is 171 cm³/mol. The molecule has 6 rings (SSSR count). The van der Waals surface area contributed by atoms with Gasteiger partial charge >= 0.3 is 11.9 Å². The number of aromatic amines is 1. The lowest BCUT2D eigenvalue weighted by atomic mass is 9.91. The number of fused-ring (bicyclic) bond motifs is 4. The van der Waals surface area contributed by atoms with E-state index in [2.05, 4.69) is 15.4 Å². The van der Waals surface area contributed by atoms with Crippen LogP contribution in [0, 0.1) is 10.1 Å². The highest BCUT2D eigenvalue weighted by molar-refractivity contribution is 6.19. The zero-order chi connectivity index (χ0) is 32.7. The molecule has 14 heteroatoms. The summed E-state index contributed by atoms with van der Waals surface area (Å²) in [5, 5.41) is 20.4. The van der Waals surface area contributed by atoms with Crippen molar-refractivity contribution in [2.45, 2.75) is 24.9 Å². The van der Waals surface area contributed by atoms with Crippen LogP contribution in [0.25, 0.3) is 21.7 Å². The summed E-state index contributed by atoms with van der Waals surface area (Å²) in [6.45, 7) is -0.353. The fourth-order valence-electron chi connectivity index (χ4n) is 6.35. The van der Waals surface area contributed by atoms with Crippen molar-refractivity contribution >= 4 is 56.7 Å². The Hall–Kier alpha value is -5.30. The topological polar surface area (TPSA) is 160 Å². The molecule has 3 aromatic carbocycles. The van der Waals surface area contributed by atoms with Crippen molar-refractivity contribution in [3.63, 3.8) is 0 Å². The van der Waals surface area contributed by atoms with Crippen LogP contribution in [0.4, 0.5) is 16.3 Å². The molecule has 2 N–H and O–H groups in total. The molecule has 0 fully saturated rings. The minimum absolute atomic E-state index is 0.109. The van der Waals surface area contributed by atoms with E-state index in [9.17, 15) is 19.7 Å². The van der Waals surface area contributed by atoms with Crippen LogP contribution in [-0.2, 0) is 18.4 Å². The Morgan fingerprint density at radius 2 is 1.85 bits per heavy atom. The van der Waals surface area contributed by atoms with Gasteiger partial charge in [-0.3, -0.25) is 10.1 Å². The lowest BCUT2D eigenvalue weighted by Crippen LogP contribution is -2.15. The van der Waals surface area contributed by atoms with E-state index in [-0.39, 0.29) is 29.7 Å². The highest BCUT2D eigenvalue weighted by Gasteiger charge is 2.38. The number of ether oxygens (including phenoxy) is 4. The molecule has 13 nitrogen and oxygen atoms in total. The van der Waals surface area contributed by atoms with Crippen LogP contribution in [0.5, 0.6) is 17.2 Å². The maximum Gasteiger partial charge on any atom is 0.411 e. The molecule has 0 aliphatic heterocycles. The number of nitrogens with one attached hydrogen (secondary N) is 2. The number of aromatic nitrogens is 3. The summed E-state index contributed by atoms with van der Waals surface area (Å²) >= 11 is 6.47. The van der Waals surface area contributed by atoms with Crippen molar-refractivity contribution in [2.75, 3.05) is 32.5 Å². The lowest BCUT2D eigenvalue weighted by Gasteiger charge is -2.16. The summed E-state index contributed by atoms with van der Waals surface area (Å²) < 4.78 is 23.1. The zero-order valence-electron chi connectivity index (χ0n) is 25.4. The molecule has 1 amide bonds. The number of benzene rings is 3. The molecular formula is C32H30ClN5O8. The van der Waals surface area contributed by atoms with E-state index in [0.29, 0.717) is 51.8 Å². The number of hydrogen-bond donors (Lipinski definition) is 2. The predicted octanol–water partition coefficient (Wildman–Crippen LogP) is 6.43. The number of nitro groups is 1. The molecule has 0 saturated heterocycles. The third kappa shape index (κ3) is 5.11. The van der Waals surface area contributed by atoms with Gasteiger partial charge in [-0.2, -0.15) is 0 Å². The molecule has 1 aliphatic carbocycles. The Balaban J connectivity index is 1.36. The average molecular weight is 648 g/mol. The number of nitrogens with zero attached hydrogens (tertiary/aromatic N) is 3. The van der Waals surface area contributed by atoms with Gasteiger partial charge in [0, 0.05) is 22.6 Å². The number of H-pyrrole nitrogens is 1. The molecule has 0 bridgehead atoms. The standard InChI is InChI=1S/C32H30ClN5O8/c1-37-31(38(41)42)18(14-34-37)15-46-32(40)36-23-12-21-22(9-17(13-33)26(21)20-8-6-5-7-19(20)23)28(39)24-10-16-11-25(43-2)29(44-3)30(45-4)27(16)35-24/h5-8,10-12,14,17,22,35H,9,13,15H2,1-4H3,(H,36,40). The molecule has 2 heterocycles. The molecule has 2 atom stereocenters. The normalized spacial score (nSPS) is 15.5. The highest BCUT2D eigenvalue weighted by atomic mass is 35.5. The first kappa shape index (κ1) is 30.7. The van der Waals surface area contributed by atoms with Crippen LogP contribution in [0.3, 0.4) is 0 Å². The molecular weight excluding hydrogens is 618 g/mol. The van der Waals surface area contributed by atoms with Gasteiger partial charge in [-0.05, 0) is 52.0 Å². The number of Topliss-reactive ketones (excluding diaryl/α,β-unsaturated/α-hetero) is 1. The van der Waals surface area contributed by atoms with E-state index >= 15 is 0 Å². The van der Waals surface area contributed by atoms with Gasteiger partial charge in [0.25, 0.3) is 0 Å². The maximum absolute atomic E-state index is 14.2. The van der Waals surface area contributed by atoms with Gasteiger partial charge in [-0.15, -0.1) is 16.3 Å². The summed E-state index contributed by atoms with van der Waals surface area (Å²) in [7, 11) is 5.99. The number of halogens is 1. The van der Waals surface area contributed by atoms with Crippen molar-refractivity contribution in [3.05, 3.63) is 81.2 Å². The van der Waals surface area contributed by atoms with Crippen molar-refractivity contribution < 1.29 is 33.5 Å². The number of alkyl halides is 1. The number of methoxy groups -OCH3 is 3. The number of aryl methyl sites for hydroxylation is 1. The number of anilines is 1. The number of rotatable bonds is 10. The van der Waals surface area contributed by atoms with Gasteiger partial charge in [0.15, 0.2) is 17.3 Å². The molecule has 238 valence electrons. The summed E-state index contributed by atoms with van der Waals surface area (Å²) in [6.07, 6.45) is 0.938. The van der Waals surface area contributed by atoms with Gasteiger partial charge in [-0.1, -0.05) is 29.4 Å². The average Bonchev–Trinajstić information content (AvgIpc) is 3.77. The third-order valence-electron chi connectivity index (χ3n) is 8.36. The largest absolute Gasteiger partial charge is 0.493 e. The number of ketones is 1. The van der Waals surface area contributed by atoms with Crippen molar-refractivity contribution in [1.29, 1.82) is 0 Å². The maximum atomic E-state index is 14.2. The van der Waals surface area contributed by atoms with Gasteiger partial charge in [0.05, 0.1) is 44.4 Å². The Labute approximate surface area is 267 Å². The first-order valence-electron chi connectivity index (χ1n) is 14.3. The van der Waals surface area contributed by atoms with E-state index < -0.39 is 16.9 Å². The van der Waals surface area contributed by atoms with Crippen LogP contribution < -0.4 is 19.5 Å². The van der Waals surface area contributed by atoms with E-state index in [0.717, 1.165) is 26.6 Å². The van der Waals surface area contributed by atoms with Crippen molar-refractivity contribution in [3.8, 4) is 17.2 Å². The lowest BCUT2D eigenvalue weighted by molar-refractivity contribution is -0.393. The Morgan fingerprint density at radius 1 is 1.11 bits per heavy atom. The third-order valence-corrected chi connectivity index (χ3v) is 8.73. The number of carbonyl (C=O) groups is 2. The Kier molecular flexibility index (Phi) is 8.17. The van der Waals surface area contributed by atoms with Crippen LogP contribution in [0.1, 0.15) is 45.4 Å². The molecule has 0 spiro atoms. The molecule has 0 radical (unpaired) electrons. The van der Waals surface area contributed by atoms with Crippen LogP contribution in [-0.4, -0.2) is 58.8 Å². The monoisotopic (exact) mass is 647 g/mol. The fourth-order valence-corrected chi connectivity index (χ4v) is 6.63. The molecule has 46 heavy (non-hydrogen) atoms. The van der Waals surface area contributed by atoms with Gasteiger partial charge in [-0.25, -0.2) is 4.79 Å². The highest BCUT2D eigenvalue weighted by Crippen LogP contribution is 2.50. The number of carbonyl (C=O) groups excluding carboxylic acids is 2. The van der Waals surface area contributed by atoms with Crippen molar-refractivity contribution in [1.82, 2.24) is 14.8 Å². The molecule has 1 aliphatic rings. The minimum Gasteiger partial charge on any atom is -0.493 e. The van der Waals surface area contributed by atoms with Crippen molar-refractivity contribution in [2.24, 2.45) is 7.05 Å².